The average molecular weight is 525 g/mol. The van der Waals surface area contributed by atoms with Crippen LogP contribution in [0.4, 0.5) is 5.95 Å². The zero-order chi connectivity index (χ0) is 26.6. The SMILES string of the molecule is COc1ccc2c3c1OC(C3)C[C@@H](O)/C=C/CN(c1nc(Oc3ccccc3)nc(Oc3ccccc3)n1)C2. The Morgan fingerprint density at radius 3 is 2.18 bits per heavy atom. The van der Waals surface area contributed by atoms with Gasteiger partial charge in [0.1, 0.15) is 17.6 Å². The molecular weight excluding hydrogens is 496 g/mol. The van der Waals surface area contributed by atoms with E-state index in [1.54, 1.807) is 13.2 Å². The summed E-state index contributed by atoms with van der Waals surface area (Å²) < 4.78 is 23.7. The highest BCUT2D eigenvalue weighted by atomic mass is 16.5. The molecule has 2 aliphatic heterocycles. The Morgan fingerprint density at radius 2 is 1.54 bits per heavy atom. The highest BCUT2D eigenvalue weighted by Gasteiger charge is 2.31. The van der Waals surface area contributed by atoms with Gasteiger partial charge in [-0.3, -0.25) is 0 Å². The summed E-state index contributed by atoms with van der Waals surface area (Å²) in [4.78, 5) is 15.7. The van der Waals surface area contributed by atoms with Crippen LogP contribution in [0.15, 0.2) is 84.9 Å². The third kappa shape index (κ3) is 5.63. The molecule has 0 saturated heterocycles. The van der Waals surface area contributed by atoms with E-state index in [9.17, 15) is 5.11 Å². The predicted molar refractivity (Wildman–Crippen MR) is 145 cm³/mol. The van der Waals surface area contributed by atoms with Crippen LogP contribution in [0.5, 0.6) is 35.0 Å². The predicted octanol–water partition coefficient (Wildman–Crippen LogP) is 5.10. The topological polar surface area (TPSA) is 99.1 Å². The van der Waals surface area contributed by atoms with Crippen LogP contribution in [-0.4, -0.2) is 45.9 Å². The van der Waals surface area contributed by atoms with Crippen molar-refractivity contribution in [3.63, 3.8) is 0 Å². The highest BCUT2D eigenvalue weighted by molar-refractivity contribution is 5.54. The van der Waals surface area contributed by atoms with Gasteiger partial charge in [-0.1, -0.05) is 54.6 Å². The Morgan fingerprint density at radius 1 is 0.872 bits per heavy atom. The van der Waals surface area contributed by atoms with E-state index in [2.05, 4.69) is 15.0 Å². The van der Waals surface area contributed by atoms with Gasteiger partial charge < -0.3 is 29.0 Å². The van der Waals surface area contributed by atoms with Gasteiger partial charge in [0.15, 0.2) is 11.5 Å². The average Bonchev–Trinajstić information content (AvgIpc) is 3.36. The molecule has 0 radical (unpaired) electrons. The van der Waals surface area contributed by atoms with Crippen LogP contribution in [0.3, 0.4) is 0 Å². The summed E-state index contributed by atoms with van der Waals surface area (Å²) in [6, 6.07) is 22.8. The van der Waals surface area contributed by atoms with Gasteiger partial charge in [0.05, 0.1) is 13.2 Å². The largest absolute Gasteiger partial charge is 0.493 e. The van der Waals surface area contributed by atoms with Crippen molar-refractivity contribution in [2.24, 2.45) is 0 Å². The number of aromatic nitrogens is 3. The summed E-state index contributed by atoms with van der Waals surface area (Å²) >= 11 is 0. The molecule has 0 fully saturated rings. The molecule has 0 amide bonds. The molecule has 2 aliphatic rings. The molecule has 39 heavy (non-hydrogen) atoms. The molecule has 198 valence electrons. The lowest BCUT2D eigenvalue weighted by Gasteiger charge is -2.23. The minimum absolute atomic E-state index is 0.110. The van der Waals surface area contributed by atoms with Crippen LogP contribution in [0.2, 0.25) is 0 Å². The van der Waals surface area contributed by atoms with E-state index in [-0.39, 0.29) is 18.1 Å². The number of aliphatic hydroxyl groups is 1. The molecule has 9 nitrogen and oxygen atoms in total. The second-order valence-corrected chi connectivity index (χ2v) is 9.32. The fourth-order valence-corrected chi connectivity index (χ4v) is 4.74. The van der Waals surface area contributed by atoms with E-state index in [0.29, 0.717) is 49.1 Å². The van der Waals surface area contributed by atoms with E-state index >= 15 is 0 Å². The maximum absolute atomic E-state index is 10.6. The van der Waals surface area contributed by atoms with Crippen LogP contribution < -0.4 is 23.8 Å². The standard InChI is InChI=1S/C30H28N4O5/c1-36-26-15-14-20-19-34(16-8-9-21(35)17-24-18-25(20)27(26)37-24)28-31-29(38-22-10-4-2-5-11-22)33-30(32-28)39-23-12-6-3-7-13-23/h2-15,21,24,35H,16-19H2,1H3/b9-8+/t21-,24?/m0/s1. The number of fused-ring (bicyclic) bond motifs is 1. The van der Waals surface area contributed by atoms with E-state index in [4.69, 9.17) is 18.9 Å². The molecule has 4 aromatic rings. The van der Waals surface area contributed by atoms with Gasteiger partial charge in [-0.05, 0) is 35.9 Å². The number of aliphatic hydroxyl groups excluding tert-OH is 1. The number of benzene rings is 3. The Labute approximate surface area is 226 Å². The fourth-order valence-electron chi connectivity index (χ4n) is 4.74. The molecule has 6 rings (SSSR count). The van der Waals surface area contributed by atoms with Crippen molar-refractivity contribution >= 4 is 5.95 Å². The van der Waals surface area contributed by atoms with Gasteiger partial charge in [-0.2, -0.15) is 9.97 Å². The molecule has 1 N–H and O–H groups in total. The molecule has 0 aliphatic carbocycles. The number of hydrogen-bond acceptors (Lipinski definition) is 9. The molecule has 1 unspecified atom stereocenters. The maximum atomic E-state index is 10.6. The zero-order valence-electron chi connectivity index (χ0n) is 21.4. The number of nitrogens with zero attached hydrogens (tertiary/aromatic N) is 4. The Kier molecular flexibility index (Phi) is 6.97. The number of para-hydroxylation sites is 2. The number of ether oxygens (including phenoxy) is 4. The smallest absolute Gasteiger partial charge is 0.330 e. The lowest BCUT2D eigenvalue weighted by atomic mass is 10.00. The van der Waals surface area contributed by atoms with Crippen molar-refractivity contribution in [3.05, 3.63) is 96.1 Å². The number of methoxy groups -OCH3 is 1. The lowest BCUT2D eigenvalue weighted by Crippen LogP contribution is -2.26. The molecule has 9 heteroatoms. The third-order valence-corrected chi connectivity index (χ3v) is 6.58. The first-order valence-electron chi connectivity index (χ1n) is 12.8. The first-order valence-corrected chi connectivity index (χ1v) is 12.8. The molecule has 2 atom stereocenters. The van der Waals surface area contributed by atoms with Crippen molar-refractivity contribution in [1.29, 1.82) is 0 Å². The van der Waals surface area contributed by atoms with Gasteiger partial charge in [0, 0.05) is 31.5 Å². The Hall–Kier alpha value is -4.63. The minimum atomic E-state index is -0.647. The van der Waals surface area contributed by atoms with E-state index in [0.717, 1.165) is 16.9 Å². The Balaban J connectivity index is 1.40. The number of rotatable bonds is 6. The zero-order valence-corrected chi connectivity index (χ0v) is 21.4. The van der Waals surface area contributed by atoms with E-state index in [1.807, 2.05) is 83.8 Å². The van der Waals surface area contributed by atoms with E-state index < -0.39 is 6.10 Å². The summed E-state index contributed by atoms with van der Waals surface area (Å²) in [6.45, 7) is 0.936. The van der Waals surface area contributed by atoms with E-state index in [1.165, 1.54) is 0 Å². The van der Waals surface area contributed by atoms with Crippen molar-refractivity contribution in [2.75, 3.05) is 18.6 Å². The molecule has 1 aromatic heterocycles. The first kappa shape index (κ1) is 24.7. The number of anilines is 1. The normalized spacial score (nSPS) is 19.0. The van der Waals surface area contributed by atoms with Crippen LogP contribution >= 0.6 is 0 Å². The van der Waals surface area contributed by atoms with Crippen molar-refractivity contribution in [3.8, 4) is 35.0 Å². The van der Waals surface area contributed by atoms with Gasteiger partial charge in [0.25, 0.3) is 0 Å². The van der Waals surface area contributed by atoms with Crippen LogP contribution in [-0.2, 0) is 13.0 Å². The van der Waals surface area contributed by atoms with Gasteiger partial charge in [-0.15, -0.1) is 4.98 Å². The molecule has 0 spiro atoms. The van der Waals surface area contributed by atoms with Crippen LogP contribution in [0.1, 0.15) is 17.5 Å². The van der Waals surface area contributed by atoms with Crippen LogP contribution in [0.25, 0.3) is 0 Å². The molecular formula is C30H28N4O5. The maximum Gasteiger partial charge on any atom is 0.330 e. The quantitative estimate of drug-likeness (QED) is 0.346. The summed E-state index contributed by atoms with van der Waals surface area (Å²) in [5.74, 6) is 2.98. The second-order valence-electron chi connectivity index (χ2n) is 9.32. The van der Waals surface area contributed by atoms with Crippen molar-refractivity contribution in [2.45, 2.75) is 31.6 Å². The minimum Gasteiger partial charge on any atom is -0.493 e. The van der Waals surface area contributed by atoms with Crippen LogP contribution in [0, 0.1) is 0 Å². The lowest BCUT2D eigenvalue weighted by molar-refractivity contribution is 0.133. The molecule has 3 aromatic carbocycles. The molecule has 0 saturated carbocycles. The molecule has 3 heterocycles. The van der Waals surface area contributed by atoms with Gasteiger partial charge >= 0.3 is 12.0 Å². The van der Waals surface area contributed by atoms with Crippen molar-refractivity contribution in [1.82, 2.24) is 15.0 Å². The van der Waals surface area contributed by atoms with Crippen molar-refractivity contribution < 1.29 is 24.1 Å². The van der Waals surface area contributed by atoms with Gasteiger partial charge in [-0.25, -0.2) is 0 Å². The third-order valence-electron chi connectivity index (χ3n) is 6.58. The highest BCUT2D eigenvalue weighted by Crippen LogP contribution is 2.42. The number of hydrogen-bond donors (Lipinski definition) is 1. The fraction of sp³-hybridized carbons (Fsp3) is 0.233. The summed E-state index contributed by atoms with van der Waals surface area (Å²) in [6.07, 6.45) is 4.09. The molecule has 2 bridgehead atoms. The Bertz CT molecular complexity index is 1410. The summed E-state index contributed by atoms with van der Waals surface area (Å²) in [5.41, 5.74) is 2.13. The first-order chi connectivity index (χ1) is 19.1. The van der Waals surface area contributed by atoms with Gasteiger partial charge in [0.2, 0.25) is 5.95 Å². The second kappa shape index (κ2) is 11.0. The monoisotopic (exact) mass is 524 g/mol. The summed E-state index contributed by atoms with van der Waals surface area (Å²) in [5, 5.41) is 10.6. The summed E-state index contributed by atoms with van der Waals surface area (Å²) in [7, 11) is 1.63.